The summed E-state index contributed by atoms with van der Waals surface area (Å²) in [6, 6.07) is 16.0. The van der Waals surface area contributed by atoms with Gasteiger partial charge in [0.05, 0.1) is 12.2 Å². The van der Waals surface area contributed by atoms with Crippen LogP contribution in [0.15, 0.2) is 65.6 Å². The zero-order valence-corrected chi connectivity index (χ0v) is 27.4. The first-order valence-corrected chi connectivity index (χ1v) is 17.0. The van der Waals surface area contributed by atoms with Crippen LogP contribution in [0.25, 0.3) is 6.08 Å². The summed E-state index contributed by atoms with van der Waals surface area (Å²) in [5.74, 6) is -0.550. The highest BCUT2D eigenvalue weighted by molar-refractivity contribution is 7.90. The number of carbonyl (C=O) groups excluding carboxylic acids is 1. The second-order valence-corrected chi connectivity index (χ2v) is 11.9. The van der Waals surface area contributed by atoms with Crippen LogP contribution in [0, 0.1) is 0 Å². The van der Waals surface area contributed by atoms with Crippen LogP contribution in [0.3, 0.4) is 0 Å². The van der Waals surface area contributed by atoms with Crippen LogP contribution in [-0.2, 0) is 14.8 Å². The third-order valence-corrected chi connectivity index (χ3v) is 8.04. The molecule has 1 aliphatic heterocycles. The molecule has 0 saturated carbocycles. The number of aliphatic hydroxyl groups is 1. The van der Waals surface area contributed by atoms with Gasteiger partial charge >= 0.3 is 0 Å². The summed E-state index contributed by atoms with van der Waals surface area (Å²) >= 11 is 0. The molecule has 0 saturated heterocycles. The minimum Gasteiger partial charge on any atom is -0.392 e. The van der Waals surface area contributed by atoms with Gasteiger partial charge in [-0.1, -0.05) is 146 Å². The zero-order chi connectivity index (χ0) is 30.0. The van der Waals surface area contributed by atoms with Crippen molar-refractivity contribution in [2.24, 2.45) is 0 Å². The summed E-state index contributed by atoms with van der Waals surface area (Å²) < 4.78 is 29.8. The van der Waals surface area contributed by atoms with Gasteiger partial charge in [-0.25, -0.2) is 13.1 Å². The SMILES string of the molecule is CCCCCCCCCOCCCCCCCCC.Cl.O=C1NS(=O)(=O)c2ccccc21.OCC=Cc1ccccc1. The Bertz CT molecular complexity index is 1040. The first-order valence-electron chi connectivity index (χ1n) is 15.5. The summed E-state index contributed by atoms with van der Waals surface area (Å²) in [6.07, 6.45) is 22.9. The van der Waals surface area contributed by atoms with Crippen LogP contribution in [0.4, 0.5) is 0 Å². The Hall–Kier alpha value is -2.19. The van der Waals surface area contributed by atoms with Crippen LogP contribution < -0.4 is 4.72 Å². The number of sulfonamides is 1. The number of nitrogens with one attached hydrogen (secondary N) is 1. The second-order valence-electron chi connectivity index (χ2n) is 10.3. The standard InChI is InChI=1S/C18H38O.C9H10O.C7H5NO3S.ClH/c1-3-5-7-9-11-13-15-17-19-18-16-14-12-10-8-6-4-2;10-8-4-7-9-5-2-1-3-6-9;9-7-5-3-1-2-4-6(5)12(10,11)8-7;/h3-18H2,1-2H3;1-7,10H,8H2;1-4H,(H,8,9);1H. The van der Waals surface area contributed by atoms with Gasteiger partial charge in [-0.2, -0.15) is 0 Å². The van der Waals surface area contributed by atoms with E-state index in [2.05, 4.69) is 13.8 Å². The number of amides is 1. The van der Waals surface area contributed by atoms with Gasteiger partial charge in [0, 0.05) is 13.2 Å². The lowest BCUT2D eigenvalue weighted by Gasteiger charge is -2.04. The fourth-order valence-electron chi connectivity index (χ4n) is 4.30. The van der Waals surface area contributed by atoms with Crippen molar-refractivity contribution in [3.63, 3.8) is 0 Å². The molecule has 1 aliphatic rings. The number of benzene rings is 2. The maximum atomic E-state index is 11.1. The molecule has 1 heterocycles. The molecule has 0 aromatic heterocycles. The van der Waals surface area contributed by atoms with Crippen molar-refractivity contribution >= 4 is 34.4 Å². The van der Waals surface area contributed by atoms with Crippen LogP contribution in [-0.4, -0.2) is 39.3 Å². The van der Waals surface area contributed by atoms with Gasteiger partial charge in [-0.3, -0.25) is 4.79 Å². The zero-order valence-electron chi connectivity index (χ0n) is 25.8. The lowest BCUT2D eigenvalue weighted by Crippen LogP contribution is -2.20. The first-order chi connectivity index (χ1) is 20.0. The maximum Gasteiger partial charge on any atom is 0.266 e. The average molecular weight is 624 g/mol. The number of hydrogen-bond donors (Lipinski definition) is 2. The number of unbranched alkanes of at least 4 members (excludes halogenated alkanes) is 12. The largest absolute Gasteiger partial charge is 0.392 e. The summed E-state index contributed by atoms with van der Waals surface area (Å²) in [5, 5.41) is 8.44. The number of fused-ring (bicyclic) bond motifs is 1. The van der Waals surface area contributed by atoms with Crippen molar-refractivity contribution in [3.05, 3.63) is 71.8 Å². The van der Waals surface area contributed by atoms with E-state index in [4.69, 9.17) is 9.84 Å². The Kier molecular flexibility index (Phi) is 25.1. The van der Waals surface area contributed by atoms with Gasteiger partial charge in [0.1, 0.15) is 4.90 Å². The molecule has 8 heteroatoms. The van der Waals surface area contributed by atoms with E-state index in [0.29, 0.717) is 0 Å². The number of rotatable bonds is 18. The Labute approximate surface area is 261 Å². The average Bonchev–Trinajstić information content (AvgIpc) is 3.23. The molecule has 0 aliphatic carbocycles. The molecule has 0 bridgehead atoms. The van der Waals surface area contributed by atoms with E-state index in [1.54, 1.807) is 18.2 Å². The molecule has 1 amide bonds. The van der Waals surface area contributed by atoms with Gasteiger partial charge < -0.3 is 9.84 Å². The Morgan fingerprint density at radius 3 is 1.69 bits per heavy atom. The van der Waals surface area contributed by atoms with E-state index in [0.717, 1.165) is 18.8 Å². The van der Waals surface area contributed by atoms with Gasteiger partial charge in [-0.15, -0.1) is 12.4 Å². The predicted molar refractivity (Wildman–Crippen MR) is 178 cm³/mol. The van der Waals surface area contributed by atoms with E-state index in [-0.39, 0.29) is 29.5 Å². The van der Waals surface area contributed by atoms with Crippen molar-refractivity contribution in [1.82, 2.24) is 4.72 Å². The van der Waals surface area contributed by atoms with E-state index in [1.807, 2.05) is 41.1 Å². The summed E-state index contributed by atoms with van der Waals surface area (Å²) in [7, 11) is -3.55. The Morgan fingerprint density at radius 1 is 0.714 bits per heavy atom. The normalized spacial score (nSPS) is 12.8. The molecule has 0 spiro atoms. The molecule has 0 fully saturated rings. The molecular weight excluding hydrogens is 570 g/mol. The van der Waals surface area contributed by atoms with Gasteiger partial charge in [0.25, 0.3) is 15.9 Å². The van der Waals surface area contributed by atoms with Crippen molar-refractivity contribution in [3.8, 4) is 0 Å². The highest BCUT2D eigenvalue weighted by atomic mass is 35.5. The molecular formula is C34H54ClNO5S. The molecule has 0 atom stereocenters. The van der Waals surface area contributed by atoms with Gasteiger partial charge in [-0.05, 0) is 30.5 Å². The minimum atomic E-state index is -3.55. The maximum absolute atomic E-state index is 11.1. The molecule has 0 unspecified atom stereocenters. The van der Waals surface area contributed by atoms with Crippen LogP contribution in [0.2, 0.25) is 0 Å². The minimum absolute atomic E-state index is 0. The third-order valence-electron chi connectivity index (χ3n) is 6.65. The number of hydrogen-bond acceptors (Lipinski definition) is 5. The quantitative estimate of drug-likeness (QED) is 0.162. The molecule has 0 radical (unpaired) electrons. The van der Waals surface area contributed by atoms with Crippen LogP contribution >= 0.6 is 12.4 Å². The van der Waals surface area contributed by atoms with E-state index >= 15 is 0 Å². The van der Waals surface area contributed by atoms with Gasteiger partial charge in [0.15, 0.2) is 0 Å². The molecule has 6 nitrogen and oxygen atoms in total. The fraction of sp³-hybridized carbons (Fsp3) is 0.559. The first kappa shape index (κ1) is 39.8. The van der Waals surface area contributed by atoms with Gasteiger partial charge in [0.2, 0.25) is 0 Å². The molecule has 2 aromatic rings. The summed E-state index contributed by atoms with van der Waals surface area (Å²) in [4.78, 5) is 11.1. The predicted octanol–water partition coefficient (Wildman–Crippen LogP) is 8.74. The molecule has 2 N–H and O–H groups in total. The Balaban J connectivity index is 0.000000627. The topological polar surface area (TPSA) is 92.7 Å². The number of carbonyl (C=O) groups is 1. The van der Waals surface area contributed by atoms with Crippen LogP contribution in [0.5, 0.6) is 0 Å². The lowest BCUT2D eigenvalue weighted by molar-refractivity contribution is 0.0985. The third kappa shape index (κ3) is 19.1. The van der Waals surface area contributed by atoms with E-state index in [1.165, 1.54) is 102 Å². The van der Waals surface area contributed by atoms with Crippen molar-refractivity contribution in [2.45, 2.75) is 109 Å². The summed E-state index contributed by atoms with van der Waals surface area (Å²) in [5.41, 5.74) is 1.34. The fourth-order valence-corrected chi connectivity index (χ4v) is 5.47. The monoisotopic (exact) mass is 623 g/mol. The van der Waals surface area contributed by atoms with Crippen molar-refractivity contribution in [2.75, 3.05) is 19.8 Å². The smallest absolute Gasteiger partial charge is 0.266 e. The van der Waals surface area contributed by atoms with E-state index < -0.39 is 15.9 Å². The number of aliphatic hydroxyl groups excluding tert-OH is 1. The Morgan fingerprint density at radius 2 is 1.19 bits per heavy atom. The number of ether oxygens (including phenoxy) is 1. The second kappa shape index (κ2) is 26.4. The van der Waals surface area contributed by atoms with Crippen LogP contribution in [0.1, 0.15) is 120 Å². The number of halogens is 1. The molecule has 42 heavy (non-hydrogen) atoms. The van der Waals surface area contributed by atoms with Crippen molar-refractivity contribution < 1.29 is 23.1 Å². The lowest BCUT2D eigenvalue weighted by atomic mass is 10.1. The van der Waals surface area contributed by atoms with Crippen molar-refractivity contribution in [1.29, 1.82) is 0 Å². The molecule has 3 rings (SSSR count). The highest BCUT2D eigenvalue weighted by Crippen LogP contribution is 2.20. The molecule has 2 aromatic carbocycles. The molecule has 238 valence electrons. The highest BCUT2D eigenvalue weighted by Gasteiger charge is 2.31. The summed E-state index contributed by atoms with van der Waals surface area (Å²) in [6.45, 7) is 6.64. The van der Waals surface area contributed by atoms with E-state index in [9.17, 15) is 13.2 Å².